The van der Waals surface area contributed by atoms with Crippen molar-refractivity contribution in [1.29, 1.82) is 5.26 Å². The van der Waals surface area contributed by atoms with Crippen LogP contribution in [0.2, 0.25) is 0 Å². The van der Waals surface area contributed by atoms with Gasteiger partial charge in [-0.05, 0) is 18.9 Å². The van der Waals surface area contributed by atoms with E-state index in [0.29, 0.717) is 32.5 Å². The molecule has 1 aromatic carbocycles. The van der Waals surface area contributed by atoms with Crippen molar-refractivity contribution in [2.45, 2.75) is 19.4 Å². The Hall–Kier alpha value is -3.01. The number of rotatable bonds is 6. The largest absolute Gasteiger partial charge is 0.496 e. The van der Waals surface area contributed by atoms with Crippen LogP contribution < -0.4 is 10.1 Å². The first-order valence-corrected chi connectivity index (χ1v) is 8.04. The molecule has 25 heavy (non-hydrogen) atoms. The van der Waals surface area contributed by atoms with Gasteiger partial charge in [-0.1, -0.05) is 18.2 Å². The molecule has 1 aromatic rings. The molecule has 1 saturated heterocycles. The molecule has 1 aliphatic rings. The minimum absolute atomic E-state index is 0.00340. The van der Waals surface area contributed by atoms with Crippen LogP contribution in [0.4, 0.5) is 0 Å². The molecule has 0 spiro atoms. The average Bonchev–Trinajstić information content (AvgIpc) is 2.65. The third-order valence-corrected chi connectivity index (χ3v) is 4.21. The zero-order chi connectivity index (χ0) is 18.2. The summed E-state index contributed by atoms with van der Waals surface area (Å²) in [6, 6.07) is 9.38. The second-order valence-electron chi connectivity index (χ2n) is 5.77. The van der Waals surface area contributed by atoms with Crippen molar-refractivity contribution in [1.82, 2.24) is 10.2 Å². The van der Waals surface area contributed by atoms with Crippen LogP contribution in [0.25, 0.3) is 0 Å². The summed E-state index contributed by atoms with van der Waals surface area (Å²) in [5.41, 5.74) is 0.914. The van der Waals surface area contributed by atoms with E-state index in [1.54, 1.807) is 7.11 Å². The molecule has 132 valence electrons. The molecule has 2 N–H and O–H groups in total. The Bertz CT molecular complexity index is 701. The van der Waals surface area contributed by atoms with Crippen LogP contribution in [-0.4, -0.2) is 42.1 Å². The number of nitrogens with zero attached hydrogens (tertiary/aromatic N) is 2. The number of ether oxygens (including phenoxy) is 1. The van der Waals surface area contributed by atoms with Gasteiger partial charge in [-0.3, -0.25) is 9.59 Å². The van der Waals surface area contributed by atoms with E-state index in [-0.39, 0.29) is 11.5 Å². The molecule has 0 aromatic heterocycles. The standard InChI is InChI=1S/C18H21N3O4/c1-25-16-5-3-2-4-14(16)11-20-12-15(10-19)17(22)21-8-6-13(7-9-21)18(23)24/h2-5,12-13,20H,6-9,11H2,1H3,(H,23,24)/b15-12-. The van der Waals surface area contributed by atoms with Crippen molar-refractivity contribution in [3.05, 3.63) is 41.6 Å². The number of nitrogens with one attached hydrogen (secondary N) is 1. The number of carbonyl (C=O) groups is 2. The number of para-hydroxylation sites is 1. The number of carbonyl (C=O) groups excluding carboxylic acids is 1. The molecule has 1 heterocycles. The van der Waals surface area contributed by atoms with Crippen molar-refractivity contribution in [3.8, 4) is 11.8 Å². The highest BCUT2D eigenvalue weighted by Crippen LogP contribution is 2.19. The maximum atomic E-state index is 12.4. The molecule has 0 atom stereocenters. The Morgan fingerprint density at radius 1 is 1.40 bits per heavy atom. The predicted molar refractivity (Wildman–Crippen MR) is 90.5 cm³/mol. The topological polar surface area (TPSA) is 103 Å². The van der Waals surface area contributed by atoms with Gasteiger partial charge in [0.05, 0.1) is 13.0 Å². The van der Waals surface area contributed by atoms with Crippen molar-refractivity contribution < 1.29 is 19.4 Å². The molecule has 7 nitrogen and oxygen atoms in total. The molecule has 0 radical (unpaired) electrons. The number of carboxylic acid groups (broad SMARTS) is 1. The monoisotopic (exact) mass is 343 g/mol. The molecular weight excluding hydrogens is 322 g/mol. The normalized spacial score (nSPS) is 15.4. The molecule has 0 saturated carbocycles. The fourth-order valence-corrected chi connectivity index (χ4v) is 2.75. The molecule has 1 fully saturated rings. The van der Waals surface area contributed by atoms with Crippen LogP contribution in [0.15, 0.2) is 36.0 Å². The Morgan fingerprint density at radius 2 is 2.08 bits per heavy atom. The fraction of sp³-hybridized carbons (Fsp3) is 0.389. The maximum absolute atomic E-state index is 12.4. The van der Waals surface area contributed by atoms with Crippen LogP contribution in [0.3, 0.4) is 0 Å². The number of methoxy groups -OCH3 is 1. The number of amides is 1. The number of benzene rings is 1. The van der Waals surface area contributed by atoms with Gasteiger partial charge < -0.3 is 20.1 Å². The Labute approximate surface area is 146 Å². The maximum Gasteiger partial charge on any atom is 0.306 e. The lowest BCUT2D eigenvalue weighted by molar-refractivity contribution is -0.145. The Kier molecular flexibility index (Phi) is 6.40. The second kappa shape index (κ2) is 8.73. The van der Waals surface area contributed by atoms with Crippen LogP contribution >= 0.6 is 0 Å². The molecule has 1 amide bonds. The van der Waals surface area contributed by atoms with E-state index in [9.17, 15) is 14.9 Å². The number of hydrogen-bond acceptors (Lipinski definition) is 5. The van der Waals surface area contributed by atoms with Gasteiger partial charge in [-0.2, -0.15) is 5.26 Å². The highest BCUT2D eigenvalue weighted by Gasteiger charge is 2.28. The average molecular weight is 343 g/mol. The van der Waals surface area contributed by atoms with Gasteiger partial charge in [-0.15, -0.1) is 0 Å². The zero-order valence-corrected chi connectivity index (χ0v) is 14.1. The number of likely N-dealkylation sites (tertiary alicyclic amines) is 1. The molecule has 0 bridgehead atoms. The predicted octanol–water partition coefficient (Wildman–Crippen LogP) is 1.52. The lowest BCUT2D eigenvalue weighted by Crippen LogP contribution is -2.41. The number of aliphatic carboxylic acids is 1. The van der Waals surface area contributed by atoms with Crippen LogP contribution in [0.5, 0.6) is 5.75 Å². The Balaban J connectivity index is 1.95. The Morgan fingerprint density at radius 3 is 2.68 bits per heavy atom. The molecule has 1 aliphatic heterocycles. The smallest absolute Gasteiger partial charge is 0.306 e. The van der Waals surface area contributed by atoms with Gasteiger partial charge in [0.1, 0.15) is 17.4 Å². The minimum atomic E-state index is -0.832. The highest BCUT2D eigenvalue weighted by atomic mass is 16.5. The first-order chi connectivity index (χ1) is 12.1. The van der Waals surface area contributed by atoms with Gasteiger partial charge in [0.2, 0.25) is 0 Å². The van der Waals surface area contributed by atoms with E-state index < -0.39 is 11.9 Å². The first-order valence-electron chi connectivity index (χ1n) is 8.04. The van der Waals surface area contributed by atoms with Gasteiger partial charge >= 0.3 is 5.97 Å². The van der Waals surface area contributed by atoms with Crippen LogP contribution in [0.1, 0.15) is 18.4 Å². The summed E-state index contributed by atoms with van der Waals surface area (Å²) in [4.78, 5) is 24.9. The molecule has 0 unspecified atom stereocenters. The van der Waals surface area contributed by atoms with Crippen molar-refractivity contribution in [3.63, 3.8) is 0 Å². The van der Waals surface area contributed by atoms with Crippen molar-refractivity contribution in [2.75, 3.05) is 20.2 Å². The molecule has 0 aliphatic carbocycles. The summed E-state index contributed by atoms with van der Waals surface area (Å²) < 4.78 is 5.25. The first kappa shape index (κ1) is 18.3. The summed E-state index contributed by atoms with van der Waals surface area (Å²) in [7, 11) is 1.58. The summed E-state index contributed by atoms with van der Waals surface area (Å²) >= 11 is 0. The number of hydrogen-bond donors (Lipinski definition) is 2. The molecular formula is C18H21N3O4. The van der Waals surface area contributed by atoms with E-state index in [2.05, 4.69) is 5.32 Å². The van der Waals surface area contributed by atoms with E-state index in [1.807, 2.05) is 30.3 Å². The quantitative estimate of drug-likeness (QED) is 0.600. The lowest BCUT2D eigenvalue weighted by Gasteiger charge is -2.29. The minimum Gasteiger partial charge on any atom is -0.496 e. The summed E-state index contributed by atoms with van der Waals surface area (Å²) in [6.07, 6.45) is 2.22. The van der Waals surface area contributed by atoms with E-state index >= 15 is 0 Å². The summed E-state index contributed by atoms with van der Waals surface area (Å²) in [6.45, 7) is 1.12. The van der Waals surface area contributed by atoms with E-state index in [4.69, 9.17) is 9.84 Å². The number of carboxylic acids is 1. The molecule has 7 heteroatoms. The zero-order valence-electron chi connectivity index (χ0n) is 14.1. The van der Waals surface area contributed by atoms with Gasteiger partial charge in [0, 0.05) is 31.4 Å². The summed E-state index contributed by atoms with van der Waals surface area (Å²) in [5.74, 6) is -0.897. The third kappa shape index (κ3) is 4.73. The van der Waals surface area contributed by atoms with Gasteiger partial charge in [-0.25, -0.2) is 0 Å². The van der Waals surface area contributed by atoms with Gasteiger partial charge in [0.15, 0.2) is 0 Å². The number of nitriles is 1. The van der Waals surface area contributed by atoms with Crippen molar-refractivity contribution >= 4 is 11.9 Å². The third-order valence-electron chi connectivity index (χ3n) is 4.21. The second-order valence-corrected chi connectivity index (χ2v) is 5.77. The van der Waals surface area contributed by atoms with Gasteiger partial charge in [0.25, 0.3) is 5.91 Å². The fourth-order valence-electron chi connectivity index (χ4n) is 2.75. The van der Waals surface area contributed by atoms with Crippen LogP contribution in [-0.2, 0) is 16.1 Å². The number of piperidine rings is 1. The highest BCUT2D eigenvalue weighted by molar-refractivity contribution is 5.97. The lowest BCUT2D eigenvalue weighted by atomic mass is 9.97. The molecule has 2 rings (SSSR count). The van der Waals surface area contributed by atoms with Crippen LogP contribution in [0, 0.1) is 17.2 Å². The SMILES string of the molecule is COc1ccccc1CN/C=C(/C#N)C(=O)N1CCC(C(=O)O)CC1. The van der Waals surface area contributed by atoms with E-state index in [0.717, 1.165) is 11.3 Å². The van der Waals surface area contributed by atoms with Crippen molar-refractivity contribution in [2.24, 2.45) is 5.92 Å². The summed E-state index contributed by atoms with van der Waals surface area (Å²) in [5, 5.41) is 21.2. The van der Waals surface area contributed by atoms with E-state index in [1.165, 1.54) is 11.1 Å².